The van der Waals surface area contributed by atoms with Crippen LogP contribution in [0, 0.1) is 0 Å². The van der Waals surface area contributed by atoms with Crippen molar-refractivity contribution in [1.29, 1.82) is 0 Å². The van der Waals surface area contributed by atoms with Gasteiger partial charge in [-0.1, -0.05) is 170 Å². The van der Waals surface area contributed by atoms with E-state index in [1.807, 2.05) is 12.2 Å². The molecule has 2 aliphatic heterocycles. The van der Waals surface area contributed by atoms with Crippen LogP contribution < -0.4 is 0 Å². The number of ether oxygens (including phenoxy) is 6. The van der Waals surface area contributed by atoms with Gasteiger partial charge in [0.25, 0.3) is 0 Å². The summed E-state index contributed by atoms with van der Waals surface area (Å²) in [5, 5.41) is 72.2. The molecule has 2 heterocycles. The first-order valence-electron chi connectivity index (χ1n) is 28.2. The summed E-state index contributed by atoms with van der Waals surface area (Å²) in [6.45, 7) is 2.46. The lowest BCUT2D eigenvalue weighted by atomic mass is 9.98. The molecule has 424 valence electrons. The van der Waals surface area contributed by atoms with Crippen LogP contribution in [-0.4, -0.2) is 142 Å². The zero-order valence-corrected chi connectivity index (χ0v) is 45.0. The highest BCUT2D eigenvalue weighted by Gasteiger charge is 2.47. The molecule has 11 atom stereocenters. The van der Waals surface area contributed by atoms with Gasteiger partial charge in [-0.2, -0.15) is 0 Å². The van der Waals surface area contributed by atoms with E-state index in [9.17, 15) is 45.3 Å². The van der Waals surface area contributed by atoms with Crippen molar-refractivity contribution in [3.63, 3.8) is 0 Å². The minimum atomic E-state index is -1.78. The molecular weight excluding hydrogens is 949 g/mol. The number of hydrogen-bond acceptors (Lipinski definition) is 15. The standard InChI is InChI=1S/C59H98O15/c1-3-5-7-9-11-13-15-17-19-21-23-25-27-29-31-33-35-37-39-41-50(61)69-44-47(72-51(62)42-40-38-36-34-32-30-28-26-24-22-20-18-16-14-12-10-8-6-4-2)45-70-58-57(68)55(66)53(64)49(74-58)46-71-59-56(67)54(65)52(63)48(43-60)73-59/h11-14,17-20,24,26,30,32,36,38,47-49,52-60,63-68H,3-10,15-16,21-23,25,27-29,31,33-35,37,39-46H2,1-2H3/b13-11+,14-12+,19-17+,20-18+,26-24+,32-30+,38-36+/t47-,48+,49+,52-,53-,54?,55?,56?,57?,58+,59+/m0/s1. The largest absolute Gasteiger partial charge is 0.462 e. The normalized spacial score (nSPS) is 25.3. The van der Waals surface area contributed by atoms with Crippen LogP contribution in [0.15, 0.2) is 85.1 Å². The molecule has 0 aromatic carbocycles. The highest BCUT2D eigenvalue weighted by molar-refractivity contribution is 5.70. The van der Waals surface area contributed by atoms with Crippen LogP contribution in [0.4, 0.5) is 0 Å². The van der Waals surface area contributed by atoms with E-state index in [1.54, 1.807) is 0 Å². The number of carbonyl (C=O) groups excluding carboxylic acids is 2. The van der Waals surface area contributed by atoms with Crippen LogP contribution in [0.25, 0.3) is 0 Å². The molecule has 0 radical (unpaired) electrons. The third-order valence-corrected chi connectivity index (χ3v) is 12.9. The Morgan fingerprint density at radius 2 is 0.838 bits per heavy atom. The summed E-state index contributed by atoms with van der Waals surface area (Å²) in [7, 11) is 0. The summed E-state index contributed by atoms with van der Waals surface area (Å²) in [6, 6.07) is 0. The fourth-order valence-electron chi connectivity index (χ4n) is 8.23. The van der Waals surface area contributed by atoms with Gasteiger partial charge >= 0.3 is 11.9 Å². The second-order valence-corrected chi connectivity index (χ2v) is 19.4. The third kappa shape index (κ3) is 31.7. The minimum absolute atomic E-state index is 0.0368. The molecule has 7 N–H and O–H groups in total. The number of unbranched alkanes of at least 4 members (excludes halogenated alkanes) is 15. The molecule has 0 aromatic rings. The maximum absolute atomic E-state index is 13.0. The number of allylic oxidation sites excluding steroid dienone is 14. The molecule has 2 fully saturated rings. The first-order chi connectivity index (χ1) is 36.0. The molecule has 2 saturated heterocycles. The zero-order valence-electron chi connectivity index (χ0n) is 45.0. The van der Waals surface area contributed by atoms with E-state index >= 15 is 0 Å². The van der Waals surface area contributed by atoms with Gasteiger partial charge in [-0.05, 0) is 83.5 Å². The van der Waals surface area contributed by atoms with Crippen LogP contribution >= 0.6 is 0 Å². The second-order valence-electron chi connectivity index (χ2n) is 19.4. The quantitative estimate of drug-likeness (QED) is 0.0172. The molecule has 15 heteroatoms. The van der Waals surface area contributed by atoms with E-state index in [4.69, 9.17) is 28.4 Å². The summed E-state index contributed by atoms with van der Waals surface area (Å²) >= 11 is 0. The van der Waals surface area contributed by atoms with Crippen molar-refractivity contribution in [3.8, 4) is 0 Å². The molecule has 0 bridgehead atoms. The van der Waals surface area contributed by atoms with E-state index in [0.29, 0.717) is 19.3 Å². The zero-order chi connectivity index (χ0) is 53.9. The molecule has 74 heavy (non-hydrogen) atoms. The summed E-state index contributed by atoms with van der Waals surface area (Å²) in [5.74, 6) is -1.03. The highest BCUT2D eigenvalue weighted by atomic mass is 16.7. The predicted octanol–water partition coefficient (Wildman–Crippen LogP) is 9.16. The number of aliphatic hydroxyl groups excluding tert-OH is 7. The second kappa shape index (κ2) is 44.8. The van der Waals surface area contributed by atoms with Crippen molar-refractivity contribution in [2.45, 2.75) is 248 Å². The number of aliphatic hydroxyl groups is 7. The summed E-state index contributed by atoms with van der Waals surface area (Å²) in [6.07, 6.45) is 39.0. The molecule has 0 aromatic heterocycles. The Labute approximate surface area is 444 Å². The van der Waals surface area contributed by atoms with Gasteiger partial charge in [-0.3, -0.25) is 9.59 Å². The monoisotopic (exact) mass is 1050 g/mol. The maximum atomic E-state index is 13.0. The van der Waals surface area contributed by atoms with E-state index in [-0.39, 0.29) is 19.4 Å². The molecule has 2 rings (SSSR count). The van der Waals surface area contributed by atoms with E-state index in [0.717, 1.165) is 57.8 Å². The average molecular weight is 1050 g/mol. The van der Waals surface area contributed by atoms with Crippen LogP contribution in [0.2, 0.25) is 0 Å². The van der Waals surface area contributed by atoms with Crippen molar-refractivity contribution in [3.05, 3.63) is 85.1 Å². The van der Waals surface area contributed by atoms with Gasteiger partial charge in [-0.25, -0.2) is 0 Å². The average Bonchev–Trinajstić information content (AvgIpc) is 3.39. The van der Waals surface area contributed by atoms with Crippen molar-refractivity contribution in [1.82, 2.24) is 0 Å². The Morgan fingerprint density at radius 1 is 0.432 bits per heavy atom. The van der Waals surface area contributed by atoms with Crippen molar-refractivity contribution in [2.24, 2.45) is 0 Å². The Morgan fingerprint density at radius 3 is 1.32 bits per heavy atom. The van der Waals surface area contributed by atoms with Gasteiger partial charge in [0.1, 0.15) is 55.4 Å². The van der Waals surface area contributed by atoms with Crippen LogP contribution in [0.1, 0.15) is 181 Å². The molecule has 4 unspecified atom stereocenters. The van der Waals surface area contributed by atoms with Gasteiger partial charge in [0.2, 0.25) is 0 Å². The Kier molecular flexibility index (Phi) is 40.4. The number of esters is 2. The van der Waals surface area contributed by atoms with Gasteiger partial charge < -0.3 is 64.2 Å². The fourth-order valence-corrected chi connectivity index (χ4v) is 8.23. The molecule has 15 nitrogen and oxygen atoms in total. The molecule has 0 aliphatic carbocycles. The van der Waals surface area contributed by atoms with Crippen LogP contribution in [-0.2, 0) is 38.0 Å². The fraction of sp³-hybridized carbons (Fsp3) is 0.729. The number of carbonyl (C=O) groups is 2. The van der Waals surface area contributed by atoms with Crippen molar-refractivity contribution in [2.75, 3.05) is 26.4 Å². The smallest absolute Gasteiger partial charge is 0.306 e. The Bertz CT molecular complexity index is 1610. The van der Waals surface area contributed by atoms with Gasteiger partial charge in [-0.15, -0.1) is 0 Å². The van der Waals surface area contributed by atoms with Crippen molar-refractivity contribution >= 4 is 11.9 Å². The first-order valence-corrected chi connectivity index (χ1v) is 28.2. The van der Waals surface area contributed by atoms with E-state index in [2.05, 4.69) is 86.8 Å². The predicted molar refractivity (Wildman–Crippen MR) is 289 cm³/mol. The summed E-state index contributed by atoms with van der Waals surface area (Å²) in [5.41, 5.74) is 0. The van der Waals surface area contributed by atoms with E-state index < -0.39 is 99.3 Å². The highest BCUT2D eigenvalue weighted by Crippen LogP contribution is 2.26. The lowest BCUT2D eigenvalue weighted by Gasteiger charge is -2.42. The summed E-state index contributed by atoms with van der Waals surface area (Å²) in [4.78, 5) is 25.8. The third-order valence-electron chi connectivity index (χ3n) is 12.9. The lowest BCUT2D eigenvalue weighted by molar-refractivity contribution is -0.332. The Balaban J connectivity index is 1.81. The molecular formula is C59H98O15. The first kappa shape index (κ1) is 66.8. The molecule has 0 amide bonds. The molecule has 0 spiro atoms. The van der Waals surface area contributed by atoms with Gasteiger partial charge in [0.15, 0.2) is 18.7 Å². The number of hydrogen-bond donors (Lipinski definition) is 7. The topological polar surface area (TPSA) is 231 Å². The van der Waals surface area contributed by atoms with Crippen molar-refractivity contribution < 1.29 is 73.8 Å². The maximum Gasteiger partial charge on any atom is 0.306 e. The SMILES string of the molecule is CCCCC/C=C/C/C=C/C/C=C/C/C=C/C/C=C/CCC(=O)O[C@@H](COC(=O)CCCCCCCCCCC/C=C/C/C=C/CCCCC)CO[C@@H]1O[C@H](CO[C@@H]2O[C@H](CO)[C@H](O)C(O)C2O)[C@H](O)C(O)C1O. The Hall–Kier alpha value is -3.32. The van der Waals surface area contributed by atoms with Crippen LogP contribution in [0.5, 0.6) is 0 Å². The molecule has 0 saturated carbocycles. The van der Waals surface area contributed by atoms with E-state index in [1.165, 1.54) is 77.0 Å². The number of rotatable bonds is 43. The minimum Gasteiger partial charge on any atom is -0.462 e. The van der Waals surface area contributed by atoms with Crippen LogP contribution in [0.3, 0.4) is 0 Å². The lowest BCUT2D eigenvalue weighted by Crippen LogP contribution is -2.61. The van der Waals surface area contributed by atoms with Gasteiger partial charge in [0.05, 0.1) is 19.8 Å². The van der Waals surface area contributed by atoms with Gasteiger partial charge in [0, 0.05) is 12.8 Å². The summed E-state index contributed by atoms with van der Waals surface area (Å²) < 4.78 is 33.6. The molecule has 2 aliphatic rings.